The number of hydrogen-bond donors (Lipinski definition) is 0. The van der Waals surface area contributed by atoms with E-state index in [9.17, 15) is 9.59 Å². The number of aryl methyl sites for hydroxylation is 2. The summed E-state index contributed by atoms with van der Waals surface area (Å²) < 4.78 is 4.43. The van der Waals surface area contributed by atoms with Gasteiger partial charge in [0.05, 0.1) is 6.33 Å². The number of hydrogen-bond acceptors (Lipinski definition) is 3. The Bertz CT molecular complexity index is 749. The van der Waals surface area contributed by atoms with E-state index in [4.69, 9.17) is 0 Å². The van der Waals surface area contributed by atoms with Crippen LogP contribution in [0.15, 0.2) is 15.9 Å². The Kier molecular flexibility index (Phi) is 3.73. The summed E-state index contributed by atoms with van der Waals surface area (Å²) in [7, 11) is 2.07. The molecular weight excluding hydrogens is 272 g/mol. The Balaban J connectivity index is 2.42. The normalized spacial score (nSPS) is 12.2. The quantitative estimate of drug-likeness (QED) is 0.795. The second-order valence-electron chi connectivity index (χ2n) is 6.48. The van der Waals surface area contributed by atoms with Crippen molar-refractivity contribution in [3.8, 4) is 0 Å². The Labute approximate surface area is 118 Å². The summed E-state index contributed by atoms with van der Waals surface area (Å²) in [5.74, 6) is 0. The molecule has 2 heterocycles. The lowest BCUT2D eigenvalue weighted by atomic mass is 10.4. The highest BCUT2D eigenvalue weighted by molar-refractivity contribution is 6.76. The second kappa shape index (κ2) is 5.04. The van der Waals surface area contributed by atoms with E-state index in [-0.39, 0.29) is 11.2 Å². The summed E-state index contributed by atoms with van der Waals surface area (Å²) in [6.07, 6.45) is 2.70. The van der Waals surface area contributed by atoms with Gasteiger partial charge in [-0.3, -0.25) is 13.9 Å². The number of fused-ring (bicyclic) bond motifs is 1. The minimum absolute atomic E-state index is 0.270. The molecule has 0 spiro atoms. The van der Waals surface area contributed by atoms with Gasteiger partial charge in [0.2, 0.25) is 0 Å². The fourth-order valence-electron chi connectivity index (χ4n) is 2.35. The molecule has 0 unspecified atom stereocenters. The third kappa shape index (κ3) is 2.63. The Hall–Kier alpha value is -1.63. The van der Waals surface area contributed by atoms with Gasteiger partial charge in [0.1, 0.15) is 0 Å². The Morgan fingerprint density at radius 1 is 1.15 bits per heavy atom. The highest BCUT2D eigenvalue weighted by Crippen LogP contribution is 2.13. The second-order valence-corrected chi connectivity index (χ2v) is 12.1. The van der Waals surface area contributed by atoms with Gasteiger partial charge in [0.15, 0.2) is 11.2 Å². The van der Waals surface area contributed by atoms with Crippen molar-refractivity contribution in [2.24, 2.45) is 14.1 Å². The molecule has 0 radical (unpaired) electrons. The smallest absolute Gasteiger partial charge is 0.325 e. The zero-order valence-corrected chi connectivity index (χ0v) is 13.8. The standard InChI is InChI=1S/C13H22N4O2Si/c1-15-11-10(12(18)16(2)13(15)19)17(9-14-11)7-6-8-20(3,4)5/h9H,6-8H2,1-5H3. The summed E-state index contributed by atoms with van der Waals surface area (Å²) in [5, 5.41) is 0. The molecule has 0 N–H and O–H groups in total. The van der Waals surface area contributed by atoms with Crippen LogP contribution in [0.4, 0.5) is 0 Å². The lowest BCUT2D eigenvalue weighted by Gasteiger charge is -2.15. The lowest BCUT2D eigenvalue weighted by Crippen LogP contribution is -2.37. The average molecular weight is 294 g/mol. The molecule has 0 aromatic carbocycles. The van der Waals surface area contributed by atoms with Crippen LogP contribution >= 0.6 is 0 Å². The van der Waals surface area contributed by atoms with Crippen molar-refractivity contribution in [1.29, 1.82) is 0 Å². The highest BCUT2D eigenvalue weighted by Gasteiger charge is 2.16. The zero-order valence-electron chi connectivity index (χ0n) is 12.8. The van der Waals surface area contributed by atoms with Gasteiger partial charge in [-0.25, -0.2) is 9.78 Å². The summed E-state index contributed by atoms with van der Waals surface area (Å²) in [4.78, 5) is 28.3. The predicted molar refractivity (Wildman–Crippen MR) is 83.0 cm³/mol. The highest BCUT2D eigenvalue weighted by atomic mass is 28.3. The minimum atomic E-state index is -1.07. The van der Waals surface area contributed by atoms with Gasteiger partial charge < -0.3 is 4.57 Å². The molecule has 0 bridgehead atoms. The fraction of sp³-hybridized carbons (Fsp3) is 0.615. The molecule has 2 rings (SSSR count). The first-order chi connectivity index (χ1) is 9.22. The molecule has 2 aromatic heterocycles. The van der Waals surface area contributed by atoms with Gasteiger partial charge in [-0.2, -0.15) is 0 Å². The van der Waals surface area contributed by atoms with Gasteiger partial charge in [0.25, 0.3) is 5.56 Å². The minimum Gasteiger partial charge on any atom is -0.325 e. The molecule has 20 heavy (non-hydrogen) atoms. The topological polar surface area (TPSA) is 61.8 Å². The Morgan fingerprint density at radius 2 is 1.80 bits per heavy atom. The van der Waals surface area contributed by atoms with Crippen molar-refractivity contribution in [1.82, 2.24) is 18.7 Å². The first-order valence-corrected chi connectivity index (χ1v) is 10.5. The van der Waals surface area contributed by atoms with Crippen LogP contribution in [0.5, 0.6) is 0 Å². The van der Waals surface area contributed by atoms with Crippen LogP contribution < -0.4 is 11.2 Å². The van der Waals surface area contributed by atoms with Crippen LogP contribution in [0.2, 0.25) is 25.7 Å². The third-order valence-electron chi connectivity index (χ3n) is 3.54. The van der Waals surface area contributed by atoms with E-state index >= 15 is 0 Å². The molecular formula is C13H22N4O2Si. The third-order valence-corrected chi connectivity index (χ3v) is 5.40. The number of aromatic nitrogens is 4. The van der Waals surface area contributed by atoms with Gasteiger partial charge >= 0.3 is 5.69 Å². The van der Waals surface area contributed by atoms with Gasteiger partial charge in [-0.05, 0) is 6.42 Å². The molecule has 110 valence electrons. The van der Waals surface area contributed by atoms with Crippen molar-refractivity contribution in [3.63, 3.8) is 0 Å². The van der Waals surface area contributed by atoms with E-state index in [2.05, 4.69) is 24.6 Å². The summed E-state index contributed by atoms with van der Waals surface area (Å²) in [5.41, 5.74) is 0.375. The first kappa shape index (κ1) is 14.8. The van der Waals surface area contributed by atoms with Crippen LogP contribution in [0.1, 0.15) is 6.42 Å². The van der Waals surface area contributed by atoms with Crippen molar-refractivity contribution in [3.05, 3.63) is 27.2 Å². The predicted octanol–water partition coefficient (Wildman–Crippen LogP) is 1.16. The van der Waals surface area contributed by atoms with Crippen molar-refractivity contribution < 1.29 is 0 Å². The SMILES string of the molecule is Cn1c(=O)c2c(ncn2CCC[Si](C)(C)C)n(C)c1=O. The average Bonchev–Trinajstić information content (AvgIpc) is 2.76. The molecule has 7 heteroatoms. The molecule has 0 aliphatic rings. The maximum Gasteiger partial charge on any atom is 0.332 e. The number of rotatable bonds is 4. The van der Waals surface area contributed by atoms with Gasteiger partial charge in [0, 0.05) is 28.7 Å². The van der Waals surface area contributed by atoms with Crippen molar-refractivity contribution >= 4 is 19.2 Å². The van der Waals surface area contributed by atoms with E-state index in [1.807, 2.05) is 4.57 Å². The number of nitrogens with zero attached hydrogens (tertiary/aromatic N) is 4. The van der Waals surface area contributed by atoms with Crippen LogP contribution in [0.3, 0.4) is 0 Å². The monoisotopic (exact) mass is 294 g/mol. The molecule has 0 atom stereocenters. The largest absolute Gasteiger partial charge is 0.332 e. The van der Waals surface area contributed by atoms with Crippen LogP contribution in [-0.4, -0.2) is 26.8 Å². The van der Waals surface area contributed by atoms with Crippen LogP contribution in [-0.2, 0) is 20.6 Å². The van der Waals surface area contributed by atoms with Crippen molar-refractivity contribution in [2.75, 3.05) is 0 Å². The van der Waals surface area contributed by atoms with Gasteiger partial charge in [-0.1, -0.05) is 25.7 Å². The Morgan fingerprint density at radius 3 is 2.40 bits per heavy atom. The van der Waals surface area contributed by atoms with Crippen molar-refractivity contribution in [2.45, 2.75) is 38.7 Å². The zero-order chi connectivity index (χ0) is 15.1. The molecule has 0 amide bonds. The summed E-state index contributed by atoms with van der Waals surface area (Å²) in [6.45, 7) is 7.78. The molecule has 0 fully saturated rings. The molecule has 6 nitrogen and oxygen atoms in total. The van der Waals surface area contributed by atoms with E-state index in [1.165, 1.54) is 17.7 Å². The summed E-state index contributed by atoms with van der Waals surface area (Å²) >= 11 is 0. The molecule has 0 aliphatic heterocycles. The van der Waals surface area contributed by atoms with E-state index in [1.54, 1.807) is 13.4 Å². The lowest BCUT2D eigenvalue weighted by molar-refractivity contribution is 0.672. The molecule has 0 saturated heterocycles. The fourth-order valence-corrected chi connectivity index (χ4v) is 3.57. The first-order valence-electron chi connectivity index (χ1n) is 6.83. The van der Waals surface area contributed by atoms with E-state index < -0.39 is 8.07 Å². The maximum absolute atomic E-state index is 12.2. The van der Waals surface area contributed by atoms with Gasteiger partial charge in [-0.15, -0.1) is 0 Å². The van der Waals surface area contributed by atoms with Crippen LogP contribution in [0, 0.1) is 0 Å². The molecule has 0 saturated carbocycles. The van der Waals surface area contributed by atoms with E-state index in [0.717, 1.165) is 17.5 Å². The maximum atomic E-state index is 12.2. The molecule has 2 aromatic rings. The number of imidazole rings is 1. The van der Waals surface area contributed by atoms with Crippen LogP contribution in [0.25, 0.3) is 11.2 Å². The van der Waals surface area contributed by atoms with E-state index in [0.29, 0.717) is 11.2 Å². The molecule has 0 aliphatic carbocycles. The summed E-state index contributed by atoms with van der Waals surface area (Å²) in [6, 6.07) is 1.21.